The summed E-state index contributed by atoms with van der Waals surface area (Å²) in [5.74, 6) is 0.0492. The van der Waals surface area contributed by atoms with Crippen LogP contribution < -0.4 is 10.2 Å². The van der Waals surface area contributed by atoms with Crippen molar-refractivity contribution < 1.29 is 10.1 Å². The summed E-state index contributed by atoms with van der Waals surface area (Å²) in [5.41, 5.74) is 1.85. The molecule has 23 heavy (non-hydrogen) atoms. The Morgan fingerprint density at radius 1 is 1.09 bits per heavy atom. The number of hydrogen-bond donors (Lipinski definition) is 1. The summed E-state index contributed by atoms with van der Waals surface area (Å²) < 4.78 is 0. The Morgan fingerprint density at radius 2 is 1.74 bits per heavy atom. The van der Waals surface area contributed by atoms with Crippen LogP contribution in [0.4, 0.5) is 5.69 Å². The Kier molecular flexibility index (Phi) is 6.05. The Balaban J connectivity index is 2.05. The van der Waals surface area contributed by atoms with Gasteiger partial charge in [0, 0.05) is 23.3 Å². The van der Waals surface area contributed by atoms with Crippen molar-refractivity contribution in [2.75, 3.05) is 11.9 Å². The van der Waals surface area contributed by atoms with E-state index in [9.17, 15) is 4.79 Å². The number of nitrogens with zero attached hydrogens (tertiary/aromatic N) is 1. The first-order valence-corrected chi connectivity index (χ1v) is 8.28. The molecule has 2 rings (SSSR count). The fourth-order valence-electron chi connectivity index (χ4n) is 2.57. The molecular weight excluding hydrogens is 331 g/mol. The summed E-state index contributed by atoms with van der Waals surface area (Å²) in [6.07, 6.45) is 0. The molecule has 2 aromatic carbocycles. The normalized spacial score (nSPS) is 13.4. The minimum absolute atomic E-state index is 0.0492. The van der Waals surface area contributed by atoms with Crippen molar-refractivity contribution in [3.8, 4) is 0 Å². The van der Waals surface area contributed by atoms with Crippen molar-refractivity contribution in [1.29, 1.82) is 0 Å². The Morgan fingerprint density at radius 3 is 2.35 bits per heavy atom. The third kappa shape index (κ3) is 4.47. The zero-order valence-electron chi connectivity index (χ0n) is 13.5. The Hall–Kier alpha value is -1.55. The zero-order valence-corrected chi connectivity index (χ0v) is 15.0. The average Bonchev–Trinajstić information content (AvgIpc) is 2.54. The summed E-state index contributed by atoms with van der Waals surface area (Å²) in [4.78, 5) is 14.3. The van der Waals surface area contributed by atoms with Gasteiger partial charge in [-0.25, -0.2) is 0 Å². The van der Waals surface area contributed by atoms with Crippen molar-refractivity contribution in [2.45, 2.75) is 25.9 Å². The molecule has 0 aliphatic heterocycles. The Bertz CT molecular complexity index is 676. The molecule has 122 valence electrons. The van der Waals surface area contributed by atoms with Crippen LogP contribution in [0.2, 0.25) is 10.0 Å². The van der Waals surface area contributed by atoms with Crippen molar-refractivity contribution in [3.05, 3.63) is 64.1 Å². The molecule has 0 spiro atoms. The lowest BCUT2D eigenvalue weighted by Crippen LogP contribution is -2.92. The first-order valence-electron chi connectivity index (χ1n) is 7.52. The molecule has 1 amide bonds. The number of nitrogens with two attached hydrogens (primary N) is 1. The topological polar surface area (TPSA) is 36.9 Å². The van der Waals surface area contributed by atoms with Gasteiger partial charge in [0.25, 0.3) is 5.91 Å². The second kappa shape index (κ2) is 7.82. The van der Waals surface area contributed by atoms with E-state index < -0.39 is 0 Å². The molecule has 2 aromatic rings. The number of quaternary nitrogens is 1. The third-order valence-electron chi connectivity index (χ3n) is 3.89. The highest BCUT2D eigenvalue weighted by atomic mass is 35.5. The molecule has 0 bridgehead atoms. The van der Waals surface area contributed by atoms with Crippen molar-refractivity contribution >= 4 is 34.8 Å². The van der Waals surface area contributed by atoms with E-state index in [1.807, 2.05) is 61.6 Å². The van der Waals surface area contributed by atoms with E-state index in [2.05, 4.69) is 0 Å². The number of carbonyl (C=O) groups excluding carboxylic acids is 1. The van der Waals surface area contributed by atoms with Crippen LogP contribution in [-0.4, -0.2) is 19.0 Å². The number of anilines is 1. The number of hydrogen-bond acceptors (Lipinski definition) is 1. The number of likely N-dealkylation sites (N-methyl/N-ethyl adjacent to an activating group) is 1. The molecule has 5 heteroatoms. The highest BCUT2D eigenvalue weighted by Crippen LogP contribution is 2.24. The number of rotatable bonds is 5. The fraction of sp³-hybridized carbons (Fsp3) is 0.278. The van der Waals surface area contributed by atoms with E-state index in [-0.39, 0.29) is 18.0 Å². The predicted molar refractivity (Wildman–Crippen MR) is 96.1 cm³/mol. The van der Waals surface area contributed by atoms with E-state index in [0.29, 0.717) is 10.0 Å². The summed E-state index contributed by atoms with van der Waals surface area (Å²) in [6.45, 7) is 3.93. The zero-order chi connectivity index (χ0) is 17.0. The highest BCUT2D eigenvalue weighted by Gasteiger charge is 2.25. The van der Waals surface area contributed by atoms with Crippen LogP contribution in [0.3, 0.4) is 0 Å². The maximum Gasteiger partial charge on any atom is 0.284 e. The molecule has 0 saturated carbocycles. The third-order valence-corrected chi connectivity index (χ3v) is 4.46. The molecule has 0 radical (unpaired) electrons. The average molecular weight is 352 g/mol. The van der Waals surface area contributed by atoms with Gasteiger partial charge < -0.3 is 10.2 Å². The molecule has 2 atom stereocenters. The van der Waals surface area contributed by atoms with Crippen LogP contribution in [0.1, 0.15) is 25.5 Å². The van der Waals surface area contributed by atoms with E-state index in [4.69, 9.17) is 23.2 Å². The van der Waals surface area contributed by atoms with Crippen LogP contribution >= 0.6 is 23.2 Å². The monoisotopic (exact) mass is 351 g/mol. The number of carbonyl (C=O) groups is 1. The second-order valence-electron chi connectivity index (χ2n) is 5.67. The smallest absolute Gasteiger partial charge is 0.284 e. The minimum Gasteiger partial charge on any atom is -0.330 e. The molecule has 0 aliphatic carbocycles. The van der Waals surface area contributed by atoms with E-state index in [0.717, 1.165) is 11.3 Å². The van der Waals surface area contributed by atoms with Gasteiger partial charge in [0.2, 0.25) is 0 Å². The lowest BCUT2D eigenvalue weighted by molar-refractivity contribution is -0.710. The summed E-state index contributed by atoms with van der Waals surface area (Å²) in [5, 5.41) is 3.24. The molecule has 0 aromatic heterocycles. The summed E-state index contributed by atoms with van der Waals surface area (Å²) in [7, 11) is 1.79. The first kappa shape index (κ1) is 17.8. The molecule has 2 N–H and O–H groups in total. The molecule has 0 heterocycles. The van der Waals surface area contributed by atoms with Gasteiger partial charge in [-0.2, -0.15) is 0 Å². The molecular formula is C18H21Cl2N2O+. The SMILES string of the molecule is C[C@H]([NH2+][C@@H](C)c1ccc(Cl)cc1Cl)C(=O)N(C)c1ccccc1. The summed E-state index contributed by atoms with van der Waals surface area (Å²) in [6, 6.07) is 14.9. The van der Waals surface area contributed by atoms with Crippen LogP contribution in [0.15, 0.2) is 48.5 Å². The number of benzene rings is 2. The van der Waals surface area contributed by atoms with Gasteiger partial charge in [0.15, 0.2) is 6.04 Å². The van der Waals surface area contributed by atoms with Gasteiger partial charge in [-0.15, -0.1) is 0 Å². The van der Waals surface area contributed by atoms with Gasteiger partial charge in [0.1, 0.15) is 6.04 Å². The van der Waals surface area contributed by atoms with E-state index in [1.54, 1.807) is 18.0 Å². The second-order valence-corrected chi connectivity index (χ2v) is 6.51. The lowest BCUT2D eigenvalue weighted by Gasteiger charge is -2.23. The minimum atomic E-state index is -0.220. The fourth-order valence-corrected chi connectivity index (χ4v) is 3.15. The van der Waals surface area contributed by atoms with Gasteiger partial charge in [-0.05, 0) is 38.1 Å². The molecule has 3 nitrogen and oxygen atoms in total. The lowest BCUT2D eigenvalue weighted by atomic mass is 10.1. The van der Waals surface area contributed by atoms with Crippen molar-refractivity contribution in [2.24, 2.45) is 0 Å². The van der Waals surface area contributed by atoms with E-state index in [1.165, 1.54) is 0 Å². The number of para-hydroxylation sites is 1. The van der Waals surface area contributed by atoms with Crippen LogP contribution in [-0.2, 0) is 4.79 Å². The molecule has 0 saturated heterocycles. The van der Waals surface area contributed by atoms with Crippen LogP contribution in [0.25, 0.3) is 0 Å². The van der Waals surface area contributed by atoms with Gasteiger partial charge >= 0.3 is 0 Å². The predicted octanol–water partition coefficient (Wildman–Crippen LogP) is 3.67. The quantitative estimate of drug-likeness (QED) is 0.876. The van der Waals surface area contributed by atoms with Crippen LogP contribution in [0.5, 0.6) is 0 Å². The maximum atomic E-state index is 12.6. The molecule has 0 aliphatic rings. The van der Waals surface area contributed by atoms with Crippen LogP contribution in [0, 0.1) is 0 Å². The summed E-state index contributed by atoms with van der Waals surface area (Å²) >= 11 is 12.2. The van der Waals surface area contributed by atoms with Crippen molar-refractivity contribution in [3.63, 3.8) is 0 Å². The van der Waals surface area contributed by atoms with Crippen molar-refractivity contribution in [1.82, 2.24) is 0 Å². The van der Waals surface area contributed by atoms with Gasteiger partial charge in [-0.3, -0.25) is 4.79 Å². The standard InChI is InChI=1S/C18H20Cl2N2O/c1-12(16-10-9-14(19)11-17(16)20)21-13(2)18(23)22(3)15-7-5-4-6-8-15/h4-13,21H,1-3H3/p+1/t12-,13-/m0/s1. The Labute approximate surface area is 147 Å². The maximum absolute atomic E-state index is 12.6. The van der Waals surface area contributed by atoms with Gasteiger partial charge in [-0.1, -0.05) is 47.5 Å². The molecule has 0 unspecified atom stereocenters. The number of amides is 1. The number of halogens is 2. The van der Waals surface area contributed by atoms with E-state index >= 15 is 0 Å². The first-order chi connectivity index (χ1) is 10.9. The highest BCUT2D eigenvalue weighted by molar-refractivity contribution is 6.35. The van der Waals surface area contributed by atoms with Gasteiger partial charge in [0.05, 0.1) is 5.02 Å². The molecule has 0 fully saturated rings. The largest absolute Gasteiger partial charge is 0.330 e.